The van der Waals surface area contributed by atoms with Crippen LogP contribution in [0.4, 0.5) is 0 Å². The van der Waals surface area contributed by atoms with E-state index in [0.29, 0.717) is 17.5 Å². The van der Waals surface area contributed by atoms with Crippen molar-refractivity contribution in [3.05, 3.63) is 161 Å². The van der Waals surface area contributed by atoms with E-state index in [1.54, 1.807) is 11.3 Å². The average Bonchev–Trinajstić information content (AvgIpc) is 3.91. The number of fused-ring (bicyclic) bond motifs is 8. The smallest absolute Gasteiger partial charge is 0.164 e. The Labute approximate surface area is 304 Å². The van der Waals surface area contributed by atoms with E-state index in [-0.39, 0.29) is 5.41 Å². The first kappa shape index (κ1) is 29.4. The van der Waals surface area contributed by atoms with Gasteiger partial charge in [0.05, 0.1) is 27.8 Å². The first-order chi connectivity index (χ1) is 25.5. The van der Waals surface area contributed by atoms with Crippen LogP contribution in [0.15, 0.2) is 150 Å². The SMILES string of the molecule is CC1(C)c2cscc2-n2c3ccc(-c4nc(-c5ccccc5)nc(-c5ccccc5)n4)cc3c3cc(-n4c5ccccc5c5ccccc54)cc1c32. The molecule has 0 radical (unpaired) electrons. The molecule has 1 aliphatic heterocycles. The number of benzene rings is 6. The number of para-hydroxylation sites is 2. The van der Waals surface area contributed by atoms with Crippen molar-refractivity contribution in [1.29, 1.82) is 0 Å². The second kappa shape index (κ2) is 10.8. The number of rotatable bonds is 4. The van der Waals surface area contributed by atoms with Gasteiger partial charge in [-0.3, -0.25) is 0 Å². The summed E-state index contributed by atoms with van der Waals surface area (Å²) in [7, 11) is 0. The number of hydrogen-bond acceptors (Lipinski definition) is 4. The summed E-state index contributed by atoms with van der Waals surface area (Å²) in [5.74, 6) is 1.97. The van der Waals surface area contributed by atoms with Gasteiger partial charge < -0.3 is 9.13 Å². The Bertz CT molecular complexity index is 2930. The minimum Gasteiger partial charge on any atom is -0.309 e. The van der Waals surface area contributed by atoms with Gasteiger partial charge in [0.2, 0.25) is 0 Å². The summed E-state index contributed by atoms with van der Waals surface area (Å²) >= 11 is 1.78. The van der Waals surface area contributed by atoms with E-state index in [2.05, 4.69) is 137 Å². The minimum atomic E-state index is -0.195. The van der Waals surface area contributed by atoms with E-state index in [1.165, 1.54) is 60.4 Å². The molecule has 0 saturated heterocycles. The highest BCUT2D eigenvalue weighted by Crippen LogP contribution is 2.50. The van der Waals surface area contributed by atoms with Crippen LogP contribution in [0.1, 0.15) is 25.0 Å². The molecule has 5 heterocycles. The van der Waals surface area contributed by atoms with Gasteiger partial charge in [0, 0.05) is 54.7 Å². The lowest BCUT2D eigenvalue weighted by Gasteiger charge is -2.33. The fourth-order valence-electron chi connectivity index (χ4n) is 8.34. The highest BCUT2D eigenvalue weighted by molar-refractivity contribution is 7.08. The summed E-state index contributed by atoms with van der Waals surface area (Å²) < 4.78 is 4.92. The maximum atomic E-state index is 5.09. The van der Waals surface area contributed by atoms with Crippen molar-refractivity contribution >= 4 is 54.9 Å². The van der Waals surface area contributed by atoms with Gasteiger partial charge in [-0.2, -0.15) is 0 Å². The van der Waals surface area contributed by atoms with Crippen molar-refractivity contribution in [3.63, 3.8) is 0 Å². The quantitative estimate of drug-likeness (QED) is 0.185. The molecule has 4 aromatic heterocycles. The second-order valence-electron chi connectivity index (χ2n) is 14.2. The fourth-order valence-corrected chi connectivity index (χ4v) is 9.32. The van der Waals surface area contributed by atoms with Crippen LogP contribution in [0.5, 0.6) is 0 Å². The number of nitrogens with zero attached hydrogens (tertiary/aromatic N) is 5. The average molecular weight is 686 g/mol. The van der Waals surface area contributed by atoms with Gasteiger partial charge in [0.25, 0.3) is 0 Å². The molecule has 0 bridgehead atoms. The molecule has 246 valence electrons. The molecule has 1 aliphatic rings. The predicted octanol–water partition coefficient (Wildman–Crippen LogP) is 11.8. The summed E-state index contributed by atoms with van der Waals surface area (Å²) in [4.78, 5) is 15.1. The van der Waals surface area contributed by atoms with Crippen molar-refractivity contribution in [1.82, 2.24) is 24.1 Å². The molecule has 0 saturated carbocycles. The van der Waals surface area contributed by atoms with Gasteiger partial charge in [-0.15, -0.1) is 11.3 Å². The van der Waals surface area contributed by atoms with Crippen LogP contribution in [0.25, 0.3) is 89.2 Å². The molecule has 0 amide bonds. The topological polar surface area (TPSA) is 48.5 Å². The molecule has 0 N–H and O–H groups in total. The van der Waals surface area contributed by atoms with Crippen LogP contribution in [-0.4, -0.2) is 24.1 Å². The van der Waals surface area contributed by atoms with E-state index < -0.39 is 0 Å². The van der Waals surface area contributed by atoms with E-state index in [0.717, 1.165) is 22.4 Å². The maximum Gasteiger partial charge on any atom is 0.164 e. The van der Waals surface area contributed by atoms with Crippen molar-refractivity contribution in [2.45, 2.75) is 19.3 Å². The zero-order valence-electron chi connectivity index (χ0n) is 28.6. The fraction of sp³-hybridized carbons (Fsp3) is 0.0652. The third kappa shape index (κ3) is 4.13. The van der Waals surface area contributed by atoms with Crippen LogP contribution in [0.2, 0.25) is 0 Å². The molecular formula is C46H31N5S. The second-order valence-corrected chi connectivity index (χ2v) is 14.9. The molecular weight excluding hydrogens is 655 g/mol. The van der Waals surface area contributed by atoms with Crippen LogP contribution >= 0.6 is 11.3 Å². The monoisotopic (exact) mass is 685 g/mol. The summed E-state index contributed by atoms with van der Waals surface area (Å²) in [6.07, 6.45) is 0. The lowest BCUT2D eigenvalue weighted by Crippen LogP contribution is -2.25. The lowest BCUT2D eigenvalue weighted by molar-refractivity contribution is 0.633. The van der Waals surface area contributed by atoms with Crippen LogP contribution < -0.4 is 0 Å². The Morgan fingerprint density at radius 2 is 1.02 bits per heavy atom. The normalized spacial score (nSPS) is 13.3. The first-order valence-electron chi connectivity index (χ1n) is 17.6. The summed E-state index contributed by atoms with van der Waals surface area (Å²) in [5.41, 5.74) is 12.6. The maximum absolute atomic E-state index is 5.09. The van der Waals surface area contributed by atoms with Crippen LogP contribution in [0.3, 0.4) is 0 Å². The predicted molar refractivity (Wildman–Crippen MR) is 215 cm³/mol. The Morgan fingerprint density at radius 3 is 1.65 bits per heavy atom. The van der Waals surface area contributed by atoms with Gasteiger partial charge in [-0.25, -0.2) is 15.0 Å². The Hall–Kier alpha value is -6.37. The summed E-state index contributed by atoms with van der Waals surface area (Å²) in [6, 6.07) is 49.4. The van der Waals surface area contributed by atoms with Gasteiger partial charge in [0.1, 0.15) is 0 Å². The lowest BCUT2D eigenvalue weighted by atomic mass is 9.76. The zero-order valence-corrected chi connectivity index (χ0v) is 29.4. The van der Waals surface area contributed by atoms with Gasteiger partial charge in [-0.1, -0.05) is 111 Å². The van der Waals surface area contributed by atoms with Crippen molar-refractivity contribution < 1.29 is 0 Å². The van der Waals surface area contributed by atoms with Crippen molar-refractivity contribution in [2.75, 3.05) is 0 Å². The Morgan fingerprint density at radius 1 is 0.462 bits per heavy atom. The Balaban J connectivity index is 1.22. The zero-order chi connectivity index (χ0) is 34.6. The molecule has 0 fully saturated rings. The molecule has 5 nitrogen and oxygen atoms in total. The standard InChI is InChI=1S/C46H31N5S/c1-46(2)36-25-31(50-38-19-11-9-17-32(38)33-18-10-12-20-39(33)50)24-35-34-23-30(21-22-40(34)51(42(35)36)41-27-52-26-37(41)46)45-48-43(28-13-5-3-6-14-28)47-44(49-45)29-15-7-4-8-16-29/h3-27H,1-2H3. The summed E-state index contributed by atoms with van der Waals surface area (Å²) in [6.45, 7) is 4.74. The summed E-state index contributed by atoms with van der Waals surface area (Å²) in [5, 5.41) is 9.55. The highest BCUT2D eigenvalue weighted by atomic mass is 32.1. The third-order valence-electron chi connectivity index (χ3n) is 10.9. The largest absolute Gasteiger partial charge is 0.309 e. The minimum absolute atomic E-state index is 0.195. The molecule has 0 unspecified atom stereocenters. The molecule has 52 heavy (non-hydrogen) atoms. The van der Waals surface area contributed by atoms with Crippen LogP contribution in [-0.2, 0) is 5.41 Å². The molecule has 0 spiro atoms. The molecule has 6 aromatic carbocycles. The molecule has 0 atom stereocenters. The van der Waals surface area contributed by atoms with E-state index in [1.807, 2.05) is 36.4 Å². The number of thiophene rings is 1. The van der Waals surface area contributed by atoms with E-state index in [9.17, 15) is 0 Å². The molecule has 11 rings (SSSR count). The van der Waals surface area contributed by atoms with Crippen LogP contribution in [0, 0.1) is 0 Å². The number of aromatic nitrogens is 5. The van der Waals surface area contributed by atoms with Crippen molar-refractivity contribution in [2.24, 2.45) is 0 Å². The van der Waals surface area contributed by atoms with E-state index >= 15 is 0 Å². The van der Waals surface area contributed by atoms with Gasteiger partial charge in [0.15, 0.2) is 17.5 Å². The molecule has 10 aromatic rings. The Kier molecular flexibility index (Phi) is 6.11. The first-order valence-corrected chi connectivity index (χ1v) is 18.5. The number of hydrogen-bond donors (Lipinski definition) is 0. The molecule has 6 heteroatoms. The molecule has 0 aliphatic carbocycles. The van der Waals surface area contributed by atoms with Crippen molar-refractivity contribution in [3.8, 4) is 45.5 Å². The van der Waals surface area contributed by atoms with E-state index in [4.69, 9.17) is 15.0 Å². The third-order valence-corrected chi connectivity index (χ3v) is 11.6. The van der Waals surface area contributed by atoms with Gasteiger partial charge >= 0.3 is 0 Å². The highest BCUT2D eigenvalue weighted by Gasteiger charge is 2.36. The van der Waals surface area contributed by atoms with Gasteiger partial charge in [-0.05, 0) is 59.0 Å².